The lowest BCUT2D eigenvalue weighted by Crippen LogP contribution is -2.61. The maximum atomic E-state index is 13.5. The van der Waals surface area contributed by atoms with Crippen molar-refractivity contribution in [3.8, 4) is 0 Å². The van der Waals surface area contributed by atoms with Gasteiger partial charge in [-0.15, -0.1) is 0 Å². The summed E-state index contributed by atoms with van der Waals surface area (Å²) in [5.41, 5.74) is -0.315. The Morgan fingerprint density at radius 1 is 1.20 bits per heavy atom. The second-order valence-corrected chi connectivity index (χ2v) is 9.76. The van der Waals surface area contributed by atoms with Gasteiger partial charge in [0.25, 0.3) is 0 Å². The molecule has 0 saturated carbocycles. The highest BCUT2D eigenvalue weighted by molar-refractivity contribution is 5.91. The molecule has 1 aliphatic rings. The number of hydrogen-bond acceptors (Lipinski definition) is 5. The Morgan fingerprint density at radius 2 is 1.77 bits per heavy atom. The van der Waals surface area contributed by atoms with Crippen LogP contribution in [0.2, 0.25) is 0 Å². The van der Waals surface area contributed by atoms with Gasteiger partial charge in [0.15, 0.2) is 0 Å². The van der Waals surface area contributed by atoms with Crippen molar-refractivity contribution in [3.05, 3.63) is 11.6 Å². The van der Waals surface area contributed by atoms with Crippen molar-refractivity contribution in [1.29, 1.82) is 0 Å². The summed E-state index contributed by atoms with van der Waals surface area (Å²) < 4.78 is 0. The molecule has 2 amide bonds. The van der Waals surface area contributed by atoms with E-state index in [0.717, 1.165) is 19.4 Å². The molecular formula is C22H40N4O4. The van der Waals surface area contributed by atoms with Gasteiger partial charge in [0.05, 0.1) is 6.04 Å². The van der Waals surface area contributed by atoms with Crippen LogP contribution in [0.15, 0.2) is 11.6 Å². The summed E-state index contributed by atoms with van der Waals surface area (Å²) in [6.45, 7) is 12.1. The summed E-state index contributed by atoms with van der Waals surface area (Å²) in [4.78, 5) is 39.4. The SMILES string of the molecule is C/C(=C\[C@H](C(C)C)N(C)C(=O)[C@@H](NC(=O)C1CCCN(C)N1C)C(C)(C)C)C(=O)O. The monoisotopic (exact) mass is 424 g/mol. The first kappa shape index (κ1) is 26.1. The molecule has 172 valence electrons. The summed E-state index contributed by atoms with van der Waals surface area (Å²) in [7, 11) is 5.51. The van der Waals surface area contributed by atoms with Gasteiger partial charge in [0.1, 0.15) is 12.1 Å². The molecule has 1 saturated heterocycles. The number of nitrogens with one attached hydrogen (secondary N) is 1. The van der Waals surface area contributed by atoms with Crippen LogP contribution in [0.4, 0.5) is 0 Å². The molecule has 0 radical (unpaired) electrons. The van der Waals surface area contributed by atoms with E-state index in [1.54, 1.807) is 18.0 Å². The van der Waals surface area contributed by atoms with Crippen molar-refractivity contribution in [1.82, 2.24) is 20.2 Å². The number of carboxylic acids is 1. The molecular weight excluding hydrogens is 384 g/mol. The normalized spacial score (nSPS) is 21.3. The summed E-state index contributed by atoms with van der Waals surface area (Å²) in [5.74, 6) is -1.38. The number of hydrazine groups is 1. The van der Waals surface area contributed by atoms with E-state index in [1.165, 1.54) is 6.92 Å². The van der Waals surface area contributed by atoms with Crippen LogP contribution in [-0.2, 0) is 14.4 Å². The van der Waals surface area contributed by atoms with Crippen LogP contribution in [0.5, 0.6) is 0 Å². The maximum absolute atomic E-state index is 13.5. The van der Waals surface area contributed by atoms with Gasteiger partial charge >= 0.3 is 5.97 Å². The molecule has 2 N–H and O–H groups in total. The largest absolute Gasteiger partial charge is 0.478 e. The Bertz CT molecular complexity index is 669. The fourth-order valence-corrected chi connectivity index (χ4v) is 3.71. The molecule has 0 aliphatic carbocycles. The highest BCUT2D eigenvalue weighted by Gasteiger charge is 2.39. The van der Waals surface area contributed by atoms with E-state index >= 15 is 0 Å². The first-order valence-corrected chi connectivity index (χ1v) is 10.6. The molecule has 1 fully saturated rings. The minimum Gasteiger partial charge on any atom is -0.478 e. The quantitative estimate of drug-likeness (QED) is 0.607. The molecule has 0 spiro atoms. The second-order valence-electron chi connectivity index (χ2n) is 9.76. The molecule has 1 heterocycles. The predicted octanol–water partition coefficient (Wildman–Crippen LogP) is 1.97. The third kappa shape index (κ3) is 6.54. The highest BCUT2D eigenvalue weighted by atomic mass is 16.4. The van der Waals surface area contributed by atoms with Gasteiger partial charge < -0.3 is 15.3 Å². The van der Waals surface area contributed by atoms with Gasteiger partial charge in [-0.3, -0.25) is 9.59 Å². The molecule has 8 heteroatoms. The average molecular weight is 425 g/mol. The van der Waals surface area contributed by atoms with Crippen molar-refractivity contribution in [2.45, 2.75) is 72.5 Å². The molecule has 0 aromatic heterocycles. The molecule has 0 bridgehead atoms. The number of nitrogens with zero attached hydrogens (tertiary/aromatic N) is 3. The van der Waals surface area contributed by atoms with E-state index in [0.29, 0.717) is 0 Å². The summed E-state index contributed by atoms with van der Waals surface area (Å²) in [6.07, 6.45) is 3.26. The third-order valence-electron chi connectivity index (χ3n) is 5.89. The summed E-state index contributed by atoms with van der Waals surface area (Å²) >= 11 is 0. The minimum atomic E-state index is -1.01. The Labute approximate surface area is 181 Å². The standard InChI is InChI=1S/C22H40N4O4/c1-14(2)17(13-15(3)21(29)30)25(8)20(28)18(22(4,5)6)23-19(27)16-11-10-12-24(7)26(16)9/h13-14,16-18H,10-12H2,1-9H3,(H,23,27)(H,29,30)/b15-13+/t16?,17-,18-/m1/s1. The minimum absolute atomic E-state index is 0.0164. The summed E-state index contributed by atoms with van der Waals surface area (Å²) in [5, 5.41) is 16.2. The Balaban J connectivity index is 3.12. The predicted molar refractivity (Wildman–Crippen MR) is 118 cm³/mol. The zero-order chi connectivity index (χ0) is 23.4. The number of rotatable bonds is 7. The number of amides is 2. The zero-order valence-electron chi connectivity index (χ0n) is 20.0. The number of carboxylic acid groups (broad SMARTS) is 1. The summed E-state index contributed by atoms with van der Waals surface area (Å²) in [6, 6.07) is -1.43. The fourth-order valence-electron chi connectivity index (χ4n) is 3.71. The third-order valence-corrected chi connectivity index (χ3v) is 5.89. The lowest BCUT2D eigenvalue weighted by Gasteiger charge is -2.41. The van der Waals surface area contributed by atoms with Crippen molar-refractivity contribution >= 4 is 17.8 Å². The van der Waals surface area contributed by atoms with E-state index in [1.807, 2.05) is 58.7 Å². The number of carbonyl (C=O) groups is 3. The smallest absolute Gasteiger partial charge is 0.331 e. The molecule has 3 atom stereocenters. The molecule has 1 aliphatic heterocycles. The van der Waals surface area contributed by atoms with Crippen LogP contribution in [0.3, 0.4) is 0 Å². The molecule has 8 nitrogen and oxygen atoms in total. The van der Waals surface area contributed by atoms with E-state index in [-0.39, 0.29) is 35.4 Å². The first-order valence-electron chi connectivity index (χ1n) is 10.6. The van der Waals surface area contributed by atoms with Gasteiger partial charge in [0, 0.05) is 33.3 Å². The zero-order valence-corrected chi connectivity index (χ0v) is 20.0. The van der Waals surface area contributed by atoms with Gasteiger partial charge in [-0.05, 0) is 31.1 Å². The second kappa shape index (κ2) is 10.4. The van der Waals surface area contributed by atoms with E-state index < -0.39 is 17.4 Å². The molecule has 1 rings (SSSR count). The van der Waals surface area contributed by atoms with Gasteiger partial charge in [-0.2, -0.15) is 0 Å². The van der Waals surface area contributed by atoms with Crippen LogP contribution in [-0.4, -0.2) is 83.6 Å². The molecule has 1 unspecified atom stereocenters. The number of carbonyl (C=O) groups excluding carboxylic acids is 2. The number of aliphatic carboxylic acids is 1. The van der Waals surface area contributed by atoms with E-state index in [2.05, 4.69) is 5.32 Å². The van der Waals surface area contributed by atoms with E-state index in [4.69, 9.17) is 0 Å². The van der Waals surface area contributed by atoms with Gasteiger partial charge in [-0.1, -0.05) is 40.7 Å². The first-order chi connectivity index (χ1) is 13.7. The topological polar surface area (TPSA) is 93.2 Å². The van der Waals surface area contributed by atoms with Crippen molar-refractivity contribution in [2.75, 3.05) is 27.7 Å². The lowest BCUT2D eigenvalue weighted by atomic mass is 9.84. The van der Waals surface area contributed by atoms with Crippen LogP contribution < -0.4 is 5.32 Å². The highest BCUT2D eigenvalue weighted by Crippen LogP contribution is 2.25. The van der Waals surface area contributed by atoms with E-state index in [9.17, 15) is 19.5 Å². The Morgan fingerprint density at radius 3 is 2.23 bits per heavy atom. The maximum Gasteiger partial charge on any atom is 0.331 e. The number of hydrogen-bond donors (Lipinski definition) is 2. The lowest BCUT2D eigenvalue weighted by molar-refractivity contribution is -0.145. The van der Waals surface area contributed by atoms with Crippen molar-refractivity contribution in [2.24, 2.45) is 11.3 Å². The number of likely N-dealkylation sites (N-methyl/N-ethyl adjacent to an activating group) is 2. The van der Waals surface area contributed by atoms with Crippen molar-refractivity contribution < 1.29 is 19.5 Å². The van der Waals surface area contributed by atoms with Crippen LogP contribution in [0.1, 0.15) is 54.4 Å². The average Bonchev–Trinajstić information content (AvgIpc) is 2.63. The molecule has 30 heavy (non-hydrogen) atoms. The Hall–Kier alpha value is -1.93. The van der Waals surface area contributed by atoms with Gasteiger partial charge in [0.2, 0.25) is 11.8 Å². The molecule has 0 aromatic carbocycles. The van der Waals surface area contributed by atoms with Gasteiger partial charge in [-0.25, -0.2) is 14.8 Å². The van der Waals surface area contributed by atoms with Crippen LogP contribution >= 0.6 is 0 Å². The van der Waals surface area contributed by atoms with Crippen LogP contribution in [0.25, 0.3) is 0 Å². The van der Waals surface area contributed by atoms with Crippen molar-refractivity contribution in [3.63, 3.8) is 0 Å². The Kier molecular flexibility index (Phi) is 9.05. The fraction of sp³-hybridized carbons (Fsp3) is 0.773. The molecule has 0 aromatic rings. The van der Waals surface area contributed by atoms with Crippen LogP contribution in [0, 0.1) is 11.3 Å².